The largest absolute Gasteiger partial charge is 0.367 e. The first-order valence-electron chi connectivity index (χ1n) is 7.11. The van der Waals surface area contributed by atoms with Gasteiger partial charge >= 0.3 is 0 Å². The molecule has 2 atom stereocenters. The lowest BCUT2D eigenvalue weighted by atomic mass is 10.00. The van der Waals surface area contributed by atoms with Gasteiger partial charge in [0.1, 0.15) is 12.1 Å². The SMILES string of the molecule is Cc1cc(NC2CC3CCC(C2)N3)n2ncnc2c1. The molecule has 0 aliphatic carbocycles. The molecule has 2 fully saturated rings. The third-order valence-corrected chi connectivity index (χ3v) is 4.35. The van der Waals surface area contributed by atoms with Crippen LogP contribution in [0.4, 0.5) is 5.82 Å². The van der Waals surface area contributed by atoms with Crippen LogP contribution >= 0.6 is 0 Å². The Morgan fingerprint density at radius 3 is 2.84 bits per heavy atom. The normalized spacial score (nSPS) is 29.8. The Hall–Kier alpha value is -1.62. The van der Waals surface area contributed by atoms with Gasteiger partial charge in [0.05, 0.1) is 0 Å². The van der Waals surface area contributed by atoms with Gasteiger partial charge in [-0.3, -0.25) is 0 Å². The van der Waals surface area contributed by atoms with E-state index in [1.54, 1.807) is 6.33 Å². The monoisotopic (exact) mass is 257 g/mol. The highest BCUT2D eigenvalue weighted by Gasteiger charge is 2.33. The third-order valence-electron chi connectivity index (χ3n) is 4.35. The number of pyridine rings is 1. The van der Waals surface area contributed by atoms with E-state index >= 15 is 0 Å². The zero-order valence-corrected chi connectivity index (χ0v) is 11.1. The van der Waals surface area contributed by atoms with Crippen LogP contribution in [-0.2, 0) is 0 Å². The first-order chi connectivity index (χ1) is 9.28. The number of fused-ring (bicyclic) bond motifs is 3. The van der Waals surface area contributed by atoms with Crippen molar-refractivity contribution >= 4 is 11.5 Å². The maximum atomic E-state index is 4.31. The highest BCUT2D eigenvalue weighted by atomic mass is 15.3. The number of rotatable bonds is 2. The molecule has 2 N–H and O–H groups in total. The molecule has 100 valence electrons. The van der Waals surface area contributed by atoms with Crippen LogP contribution in [0.2, 0.25) is 0 Å². The summed E-state index contributed by atoms with van der Waals surface area (Å²) in [6, 6.07) is 6.17. The van der Waals surface area contributed by atoms with Crippen LogP contribution in [0.1, 0.15) is 31.2 Å². The molecule has 0 radical (unpaired) electrons. The van der Waals surface area contributed by atoms with Gasteiger partial charge in [0, 0.05) is 18.1 Å². The second-order valence-electron chi connectivity index (χ2n) is 5.90. The zero-order valence-electron chi connectivity index (χ0n) is 11.1. The van der Waals surface area contributed by atoms with Crippen LogP contribution < -0.4 is 10.6 Å². The maximum absolute atomic E-state index is 4.31. The van der Waals surface area contributed by atoms with Crippen molar-refractivity contribution in [1.29, 1.82) is 0 Å². The van der Waals surface area contributed by atoms with Gasteiger partial charge < -0.3 is 10.6 Å². The number of aryl methyl sites for hydroxylation is 1. The van der Waals surface area contributed by atoms with Gasteiger partial charge in [-0.2, -0.15) is 9.61 Å². The summed E-state index contributed by atoms with van der Waals surface area (Å²) in [6.07, 6.45) is 6.69. The number of nitrogens with zero attached hydrogens (tertiary/aromatic N) is 3. The summed E-state index contributed by atoms with van der Waals surface area (Å²) in [5.74, 6) is 1.07. The Morgan fingerprint density at radius 2 is 2.05 bits per heavy atom. The maximum Gasteiger partial charge on any atom is 0.157 e. The molecule has 0 aromatic carbocycles. The number of hydrogen-bond acceptors (Lipinski definition) is 4. The van der Waals surface area contributed by atoms with E-state index in [4.69, 9.17) is 0 Å². The predicted molar refractivity (Wildman–Crippen MR) is 74.3 cm³/mol. The summed E-state index contributed by atoms with van der Waals surface area (Å²) in [7, 11) is 0. The Bertz CT molecular complexity index is 593. The minimum absolute atomic E-state index is 0.549. The molecule has 5 heteroatoms. The molecule has 2 aliphatic heterocycles. The summed E-state index contributed by atoms with van der Waals surface area (Å²) in [5.41, 5.74) is 2.14. The van der Waals surface area contributed by atoms with Crippen molar-refractivity contribution in [3.63, 3.8) is 0 Å². The number of anilines is 1. The predicted octanol–water partition coefficient (Wildman–Crippen LogP) is 1.73. The van der Waals surface area contributed by atoms with E-state index in [9.17, 15) is 0 Å². The van der Waals surface area contributed by atoms with Crippen LogP contribution in [0.5, 0.6) is 0 Å². The van der Waals surface area contributed by atoms with Crippen molar-refractivity contribution in [2.45, 2.75) is 50.7 Å². The van der Waals surface area contributed by atoms with Gasteiger partial charge in [0.25, 0.3) is 0 Å². The molecular formula is C14H19N5. The smallest absolute Gasteiger partial charge is 0.157 e. The molecule has 2 saturated heterocycles. The van der Waals surface area contributed by atoms with Crippen LogP contribution in [-0.4, -0.2) is 32.7 Å². The van der Waals surface area contributed by atoms with E-state index in [0.29, 0.717) is 18.1 Å². The van der Waals surface area contributed by atoms with Gasteiger partial charge in [0.2, 0.25) is 0 Å². The van der Waals surface area contributed by atoms with Crippen LogP contribution in [0.3, 0.4) is 0 Å². The summed E-state index contributed by atoms with van der Waals surface area (Å²) in [6.45, 7) is 2.10. The quantitative estimate of drug-likeness (QED) is 0.860. The van der Waals surface area contributed by atoms with E-state index in [1.807, 2.05) is 4.52 Å². The summed E-state index contributed by atoms with van der Waals surface area (Å²) < 4.78 is 1.90. The second kappa shape index (κ2) is 4.20. The number of piperidine rings is 1. The van der Waals surface area contributed by atoms with Crippen molar-refractivity contribution in [1.82, 2.24) is 19.9 Å². The molecule has 2 aliphatic rings. The zero-order chi connectivity index (χ0) is 12.8. The molecule has 0 spiro atoms. The van der Waals surface area contributed by atoms with Gasteiger partial charge in [0.15, 0.2) is 5.65 Å². The highest BCUT2D eigenvalue weighted by molar-refractivity contribution is 5.51. The molecule has 5 nitrogen and oxygen atoms in total. The molecule has 2 bridgehead atoms. The van der Waals surface area contributed by atoms with Crippen LogP contribution in [0, 0.1) is 6.92 Å². The van der Waals surface area contributed by atoms with Gasteiger partial charge in [-0.1, -0.05) is 0 Å². The van der Waals surface area contributed by atoms with Gasteiger partial charge in [-0.05, 0) is 50.3 Å². The Morgan fingerprint density at radius 1 is 1.26 bits per heavy atom. The second-order valence-corrected chi connectivity index (χ2v) is 5.90. The van der Waals surface area contributed by atoms with E-state index in [-0.39, 0.29) is 0 Å². The third kappa shape index (κ3) is 1.98. The summed E-state index contributed by atoms with van der Waals surface area (Å²) in [5, 5.41) is 11.7. The van der Waals surface area contributed by atoms with Gasteiger partial charge in [-0.25, -0.2) is 4.98 Å². The van der Waals surface area contributed by atoms with Crippen molar-refractivity contribution in [2.75, 3.05) is 5.32 Å². The lowest BCUT2D eigenvalue weighted by Crippen LogP contribution is -2.43. The van der Waals surface area contributed by atoms with E-state index in [2.05, 4.69) is 39.8 Å². The molecule has 0 amide bonds. The molecule has 4 rings (SSSR count). The molecule has 2 unspecified atom stereocenters. The lowest BCUT2D eigenvalue weighted by Gasteiger charge is -2.30. The average molecular weight is 257 g/mol. The van der Waals surface area contributed by atoms with Crippen LogP contribution in [0.15, 0.2) is 18.5 Å². The molecule has 2 aromatic rings. The van der Waals surface area contributed by atoms with E-state index < -0.39 is 0 Å². The van der Waals surface area contributed by atoms with Crippen LogP contribution in [0.25, 0.3) is 5.65 Å². The fourth-order valence-corrected chi connectivity index (χ4v) is 3.54. The topological polar surface area (TPSA) is 54.2 Å². The molecule has 19 heavy (non-hydrogen) atoms. The number of hydrogen-bond donors (Lipinski definition) is 2. The van der Waals surface area contributed by atoms with Crippen molar-refractivity contribution in [3.8, 4) is 0 Å². The summed E-state index contributed by atoms with van der Waals surface area (Å²) >= 11 is 0. The fraction of sp³-hybridized carbons (Fsp3) is 0.571. The highest BCUT2D eigenvalue weighted by Crippen LogP contribution is 2.29. The first-order valence-corrected chi connectivity index (χ1v) is 7.11. The van der Waals surface area contributed by atoms with Crippen molar-refractivity contribution in [3.05, 3.63) is 24.0 Å². The minimum atomic E-state index is 0.549. The minimum Gasteiger partial charge on any atom is -0.367 e. The number of nitrogens with one attached hydrogen (secondary N) is 2. The van der Waals surface area contributed by atoms with E-state index in [1.165, 1.54) is 31.2 Å². The molecule has 2 aromatic heterocycles. The Kier molecular flexibility index (Phi) is 2.48. The lowest BCUT2D eigenvalue weighted by molar-refractivity contribution is 0.377. The first kappa shape index (κ1) is 11.2. The molecule has 0 saturated carbocycles. The molecular weight excluding hydrogens is 238 g/mol. The Labute approximate surface area is 112 Å². The summed E-state index contributed by atoms with van der Waals surface area (Å²) in [4.78, 5) is 4.28. The van der Waals surface area contributed by atoms with Gasteiger partial charge in [-0.15, -0.1) is 0 Å². The fourth-order valence-electron chi connectivity index (χ4n) is 3.54. The standard InChI is InChI=1S/C14H19N5/c1-9-4-13-15-8-16-19(13)14(5-9)18-12-6-10-2-3-11(7-12)17-10/h4-5,8,10-12,17-18H,2-3,6-7H2,1H3. The van der Waals surface area contributed by atoms with Crippen molar-refractivity contribution in [2.24, 2.45) is 0 Å². The van der Waals surface area contributed by atoms with E-state index in [0.717, 1.165) is 11.5 Å². The molecule has 4 heterocycles. The average Bonchev–Trinajstić information content (AvgIpc) is 2.96. The number of aromatic nitrogens is 3. The Balaban J connectivity index is 1.62. The van der Waals surface area contributed by atoms with Crippen molar-refractivity contribution < 1.29 is 0 Å².